The minimum absolute atomic E-state index is 0.169. The Balaban J connectivity index is 1.84. The van der Waals surface area contributed by atoms with E-state index in [-0.39, 0.29) is 17.7 Å². The van der Waals surface area contributed by atoms with E-state index in [2.05, 4.69) is 15.2 Å². The quantitative estimate of drug-likeness (QED) is 0.614. The molecule has 0 aliphatic rings. The van der Waals surface area contributed by atoms with Gasteiger partial charge in [0.2, 0.25) is 0 Å². The minimum Gasteiger partial charge on any atom is -0.294 e. The summed E-state index contributed by atoms with van der Waals surface area (Å²) < 4.78 is 29.0. The summed E-state index contributed by atoms with van der Waals surface area (Å²) in [5.41, 5.74) is 2.56. The highest BCUT2D eigenvalue weighted by atomic mass is 19.1. The van der Waals surface area contributed by atoms with Gasteiger partial charge in [-0.2, -0.15) is 5.10 Å². The van der Waals surface area contributed by atoms with E-state index in [0.717, 1.165) is 29.0 Å². The Kier molecular flexibility index (Phi) is 3.84. The molecule has 0 bridgehead atoms. The predicted molar refractivity (Wildman–Crippen MR) is 93.8 cm³/mol. The molecule has 7 heteroatoms. The van der Waals surface area contributed by atoms with Crippen molar-refractivity contribution in [3.05, 3.63) is 82.2 Å². The number of halogens is 2. The summed E-state index contributed by atoms with van der Waals surface area (Å²) in [5, 5.41) is 7.22. The number of hydrogen-bond donors (Lipinski definition) is 1. The fourth-order valence-electron chi connectivity index (χ4n) is 2.93. The van der Waals surface area contributed by atoms with E-state index < -0.39 is 11.6 Å². The first-order chi connectivity index (χ1) is 12.5. The summed E-state index contributed by atoms with van der Waals surface area (Å²) in [6.07, 6.45) is 2.99. The highest BCUT2D eigenvalue weighted by molar-refractivity contribution is 5.83. The zero-order chi connectivity index (χ0) is 18.3. The van der Waals surface area contributed by atoms with Crippen molar-refractivity contribution in [1.82, 2.24) is 19.7 Å². The van der Waals surface area contributed by atoms with Crippen LogP contribution in [0.25, 0.3) is 22.0 Å². The van der Waals surface area contributed by atoms with Gasteiger partial charge in [0, 0.05) is 16.8 Å². The molecule has 5 nitrogen and oxygen atoms in total. The number of benzene rings is 2. The number of fused-ring (bicyclic) bond motifs is 1. The lowest BCUT2D eigenvalue weighted by Crippen LogP contribution is -2.22. The van der Waals surface area contributed by atoms with Crippen molar-refractivity contribution in [2.45, 2.75) is 13.5 Å². The van der Waals surface area contributed by atoms with Crippen LogP contribution in [-0.2, 0) is 6.54 Å². The molecule has 0 radical (unpaired) electrons. The number of aryl methyl sites for hydroxylation is 1. The largest absolute Gasteiger partial charge is 0.294 e. The van der Waals surface area contributed by atoms with Crippen LogP contribution in [0.1, 0.15) is 11.3 Å². The third kappa shape index (κ3) is 2.67. The van der Waals surface area contributed by atoms with Crippen LogP contribution in [0.2, 0.25) is 0 Å². The van der Waals surface area contributed by atoms with Crippen LogP contribution in [-0.4, -0.2) is 19.7 Å². The van der Waals surface area contributed by atoms with Crippen LogP contribution in [0.3, 0.4) is 0 Å². The Bertz CT molecular complexity index is 1160. The first-order valence-electron chi connectivity index (χ1n) is 7.97. The van der Waals surface area contributed by atoms with Crippen molar-refractivity contribution in [3.8, 4) is 11.1 Å². The molecule has 0 atom stereocenters. The second-order valence-corrected chi connectivity index (χ2v) is 6.02. The van der Waals surface area contributed by atoms with Crippen molar-refractivity contribution in [2.75, 3.05) is 0 Å². The van der Waals surface area contributed by atoms with Gasteiger partial charge in [0.1, 0.15) is 11.6 Å². The van der Waals surface area contributed by atoms with Gasteiger partial charge in [0.15, 0.2) is 0 Å². The van der Waals surface area contributed by atoms with E-state index in [4.69, 9.17) is 0 Å². The molecule has 0 fully saturated rings. The van der Waals surface area contributed by atoms with Crippen molar-refractivity contribution in [3.63, 3.8) is 0 Å². The van der Waals surface area contributed by atoms with Crippen LogP contribution in [0.4, 0.5) is 8.78 Å². The number of nitrogens with one attached hydrogen (secondary N) is 1. The van der Waals surface area contributed by atoms with Gasteiger partial charge in [0.05, 0.1) is 30.0 Å². The molecule has 2 aromatic carbocycles. The summed E-state index contributed by atoms with van der Waals surface area (Å²) in [4.78, 5) is 17.1. The van der Waals surface area contributed by atoms with E-state index in [9.17, 15) is 13.6 Å². The molecule has 130 valence electrons. The van der Waals surface area contributed by atoms with Gasteiger partial charge in [0.25, 0.3) is 5.56 Å². The molecule has 0 aliphatic carbocycles. The number of aromatic nitrogens is 4. The number of H-pyrrole nitrogens is 1. The lowest BCUT2D eigenvalue weighted by molar-refractivity contribution is 0.541. The van der Waals surface area contributed by atoms with Crippen LogP contribution in [0, 0.1) is 18.6 Å². The van der Waals surface area contributed by atoms with Gasteiger partial charge in [-0.15, -0.1) is 0 Å². The summed E-state index contributed by atoms with van der Waals surface area (Å²) in [7, 11) is 0. The molecule has 2 heterocycles. The van der Waals surface area contributed by atoms with Crippen LogP contribution < -0.4 is 5.56 Å². The fourth-order valence-corrected chi connectivity index (χ4v) is 2.93. The van der Waals surface area contributed by atoms with Crippen molar-refractivity contribution in [1.29, 1.82) is 0 Å². The van der Waals surface area contributed by atoms with E-state index in [0.29, 0.717) is 10.9 Å². The van der Waals surface area contributed by atoms with Crippen molar-refractivity contribution >= 4 is 10.9 Å². The molecule has 2 aromatic heterocycles. The number of aromatic amines is 1. The topological polar surface area (TPSA) is 63.6 Å². The molecule has 0 saturated heterocycles. The van der Waals surface area contributed by atoms with Gasteiger partial charge in [-0.25, -0.2) is 13.8 Å². The molecule has 26 heavy (non-hydrogen) atoms. The number of rotatable bonds is 3. The average molecular weight is 352 g/mol. The normalized spacial score (nSPS) is 11.2. The minimum atomic E-state index is -0.695. The average Bonchev–Trinajstić information content (AvgIpc) is 3.06. The fraction of sp³-hybridized carbons (Fsp3) is 0.105. The third-order valence-corrected chi connectivity index (χ3v) is 4.36. The van der Waals surface area contributed by atoms with Crippen molar-refractivity contribution in [2.24, 2.45) is 0 Å². The van der Waals surface area contributed by atoms with Gasteiger partial charge in [-0.3, -0.25) is 14.5 Å². The van der Waals surface area contributed by atoms with Gasteiger partial charge >= 0.3 is 0 Å². The van der Waals surface area contributed by atoms with E-state index in [1.54, 1.807) is 18.3 Å². The van der Waals surface area contributed by atoms with Crippen LogP contribution >= 0.6 is 0 Å². The lowest BCUT2D eigenvalue weighted by atomic mass is 10.0. The predicted octanol–water partition coefficient (Wildman–Crippen LogP) is 3.42. The SMILES string of the molecule is Cc1[nH]ncc1-c1ccc2ncn(Cc3c(F)cccc3F)c(=O)c2c1. The lowest BCUT2D eigenvalue weighted by Gasteiger charge is -2.09. The van der Waals surface area contributed by atoms with E-state index >= 15 is 0 Å². The molecule has 0 spiro atoms. The Hall–Kier alpha value is -3.35. The second-order valence-electron chi connectivity index (χ2n) is 6.02. The Morgan fingerprint density at radius 1 is 1.15 bits per heavy atom. The first kappa shape index (κ1) is 16.1. The highest BCUT2D eigenvalue weighted by Gasteiger charge is 2.13. The molecule has 1 N–H and O–H groups in total. The monoisotopic (exact) mass is 352 g/mol. The zero-order valence-corrected chi connectivity index (χ0v) is 13.8. The summed E-state index contributed by atoms with van der Waals surface area (Å²) >= 11 is 0. The summed E-state index contributed by atoms with van der Waals surface area (Å²) in [6, 6.07) is 8.93. The third-order valence-electron chi connectivity index (χ3n) is 4.36. The molecule has 0 unspecified atom stereocenters. The maximum Gasteiger partial charge on any atom is 0.261 e. The van der Waals surface area contributed by atoms with E-state index in [1.807, 2.05) is 13.0 Å². The number of nitrogens with zero attached hydrogens (tertiary/aromatic N) is 3. The number of hydrogen-bond acceptors (Lipinski definition) is 3. The Morgan fingerprint density at radius 3 is 2.62 bits per heavy atom. The van der Waals surface area contributed by atoms with Crippen LogP contribution in [0.15, 0.2) is 53.7 Å². The van der Waals surface area contributed by atoms with E-state index in [1.165, 1.54) is 17.0 Å². The van der Waals surface area contributed by atoms with Crippen molar-refractivity contribution < 1.29 is 8.78 Å². The van der Waals surface area contributed by atoms with Crippen LogP contribution in [0.5, 0.6) is 0 Å². The maximum absolute atomic E-state index is 13.9. The van der Waals surface area contributed by atoms with Gasteiger partial charge < -0.3 is 0 Å². The summed E-state index contributed by atoms with van der Waals surface area (Å²) in [5.74, 6) is -1.39. The molecule has 0 amide bonds. The van der Waals surface area contributed by atoms with Gasteiger partial charge in [-0.1, -0.05) is 12.1 Å². The smallest absolute Gasteiger partial charge is 0.261 e. The molecule has 4 aromatic rings. The molecule has 4 rings (SSSR count). The highest BCUT2D eigenvalue weighted by Crippen LogP contribution is 2.24. The second kappa shape index (κ2) is 6.18. The molecule has 0 aliphatic heterocycles. The first-order valence-corrected chi connectivity index (χ1v) is 7.97. The standard InChI is InChI=1S/C19H14F2N4O/c1-11-14(8-23-24-11)12-5-6-18-13(7-12)19(26)25(10-22-18)9-15-16(20)3-2-4-17(15)21/h2-8,10H,9H2,1H3,(H,23,24). The van der Waals surface area contributed by atoms with Gasteiger partial charge in [-0.05, 0) is 36.8 Å². The molecular weight excluding hydrogens is 338 g/mol. The maximum atomic E-state index is 13.9. The zero-order valence-electron chi connectivity index (χ0n) is 13.8. The molecule has 0 saturated carbocycles. The summed E-state index contributed by atoms with van der Waals surface area (Å²) in [6.45, 7) is 1.66. The Labute approximate surface area is 146 Å². The molecular formula is C19H14F2N4O. The Morgan fingerprint density at radius 2 is 1.92 bits per heavy atom.